The maximum Gasteiger partial charge on any atom is 0.303 e. The number of amides is 2. The lowest BCUT2D eigenvalue weighted by Crippen LogP contribution is -2.66. The maximum atomic E-state index is 12.7. The fourth-order valence-electron chi connectivity index (χ4n) is 5.22. The van der Waals surface area contributed by atoms with Gasteiger partial charge in [-0.1, -0.05) is 0 Å². The van der Waals surface area contributed by atoms with Crippen molar-refractivity contribution >= 4 is 17.8 Å². The van der Waals surface area contributed by atoms with Crippen LogP contribution in [0.2, 0.25) is 0 Å². The molecular weight excluding hydrogens is 624 g/mol. The molecule has 0 aromatic rings. The van der Waals surface area contributed by atoms with Crippen LogP contribution in [-0.2, 0) is 33.3 Å². The van der Waals surface area contributed by atoms with Gasteiger partial charge in [0.1, 0.15) is 66.8 Å². The van der Waals surface area contributed by atoms with E-state index in [2.05, 4.69) is 10.6 Å². The van der Waals surface area contributed by atoms with Gasteiger partial charge >= 0.3 is 5.97 Å². The first-order valence-corrected chi connectivity index (χ1v) is 14.7. The van der Waals surface area contributed by atoms with Gasteiger partial charge in [-0.15, -0.1) is 0 Å². The van der Waals surface area contributed by atoms with Gasteiger partial charge in [0.25, 0.3) is 0 Å². The largest absolute Gasteiger partial charge is 0.481 e. The van der Waals surface area contributed by atoms with Crippen LogP contribution in [0.15, 0.2) is 11.8 Å². The number of carboxylic acid groups (broad SMARTS) is 1. The molecule has 0 spiro atoms. The third kappa shape index (κ3) is 9.07. The standard InChI is InChI=1S/C26H44N4O16/c27-6-5-10(32)24(42)29-9-1-2-11(43-26-22(41)21(40)18(37)12(7-28)44-26)19(38)23(9)46-25-20(39)16(17(36)13(8-31)45-25)30-14(33)3-4-15(34)35/h2,9-10,12-13,16-23,25-26,31-32,36-41H,1,3-8,27-28H2,(H,29,42)(H,30,33)(H,34,35)/t9?,10-,12?,13?,16?,17?,18?,19?,20?,21?,22?,23?,25?,26?/m0/s1. The van der Waals surface area contributed by atoms with Crippen molar-refractivity contribution in [1.82, 2.24) is 10.6 Å². The first kappa shape index (κ1) is 37.9. The smallest absolute Gasteiger partial charge is 0.303 e. The van der Waals surface area contributed by atoms with Gasteiger partial charge in [-0.3, -0.25) is 14.4 Å². The van der Waals surface area contributed by atoms with Crippen LogP contribution in [0.1, 0.15) is 25.7 Å². The predicted octanol–water partition coefficient (Wildman–Crippen LogP) is -7.21. The highest BCUT2D eigenvalue weighted by Gasteiger charge is 2.50. The fourth-order valence-corrected chi connectivity index (χ4v) is 5.22. The second kappa shape index (κ2) is 17.0. The van der Waals surface area contributed by atoms with Gasteiger partial charge in [0.15, 0.2) is 6.29 Å². The van der Waals surface area contributed by atoms with Crippen molar-refractivity contribution in [3.63, 3.8) is 0 Å². The lowest BCUT2D eigenvalue weighted by molar-refractivity contribution is -0.307. The van der Waals surface area contributed by atoms with Crippen LogP contribution in [-0.4, -0.2) is 169 Å². The lowest BCUT2D eigenvalue weighted by atomic mass is 9.92. The fraction of sp³-hybridized carbons (Fsp3) is 0.808. The summed E-state index contributed by atoms with van der Waals surface area (Å²) in [5.74, 6) is -3.31. The Kier molecular flexibility index (Phi) is 14.0. The number of nitrogens with one attached hydrogen (secondary N) is 2. The molecule has 2 fully saturated rings. The van der Waals surface area contributed by atoms with E-state index in [0.29, 0.717) is 0 Å². The van der Waals surface area contributed by atoms with Crippen molar-refractivity contribution in [2.24, 2.45) is 11.5 Å². The molecule has 0 saturated carbocycles. The molecule has 46 heavy (non-hydrogen) atoms. The number of hydrogen-bond donors (Lipinski definition) is 13. The van der Waals surface area contributed by atoms with Crippen LogP contribution in [0.25, 0.3) is 0 Å². The molecule has 0 aromatic carbocycles. The number of hydrogen-bond acceptors (Lipinski definition) is 17. The predicted molar refractivity (Wildman–Crippen MR) is 149 cm³/mol. The molecule has 14 atom stereocenters. The Morgan fingerprint density at radius 1 is 0.913 bits per heavy atom. The van der Waals surface area contributed by atoms with Gasteiger partial charge in [-0.05, 0) is 25.5 Å². The molecule has 15 N–H and O–H groups in total. The summed E-state index contributed by atoms with van der Waals surface area (Å²) in [6, 6.07) is -2.70. The summed E-state index contributed by atoms with van der Waals surface area (Å²) in [5.41, 5.74) is 11.0. The molecule has 20 nitrogen and oxygen atoms in total. The van der Waals surface area contributed by atoms with E-state index < -0.39 is 123 Å². The van der Waals surface area contributed by atoms with Crippen molar-refractivity contribution in [2.75, 3.05) is 19.7 Å². The average Bonchev–Trinajstić information content (AvgIpc) is 3.02. The lowest BCUT2D eigenvalue weighted by Gasteiger charge is -2.46. The number of aliphatic carboxylic acids is 1. The highest BCUT2D eigenvalue weighted by Crippen LogP contribution is 2.32. The summed E-state index contributed by atoms with van der Waals surface area (Å²) in [6.07, 6.45) is -19.6. The van der Waals surface area contributed by atoms with Crippen LogP contribution in [0.5, 0.6) is 0 Å². The summed E-state index contributed by atoms with van der Waals surface area (Å²) in [6.45, 7) is -1.12. The number of carbonyl (C=O) groups excluding carboxylic acids is 2. The minimum atomic E-state index is -1.88. The van der Waals surface area contributed by atoms with E-state index in [9.17, 15) is 55.2 Å². The third-order valence-corrected chi connectivity index (χ3v) is 7.87. The summed E-state index contributed by atoms with van der Waals surface area (Å²) in [5, 5.41) is 97.3. The molecule has 2 amide bonds. The van der Waals surface area contributed by atoms with Crippen molar-refractivity contribution < 1.29 is 79.3 Å². The summed E-state index contributed by atoms with van der Waals surface area (Å²) in [7, 11) is 0. The first-order chi connectivity index (χ1) is 21.7. The Hall–Kier alpha value is -2.57. The maximum absolute atomic E-state index is 12.7. The molecule has 3 aliphatic rings. The molecule has 0 radical (unpaired) electrons. The van der Waals surface area contributed by atoms with Crippen molar-refractivity contribution in [3.8, 4) is 0 Å². The Balaban J connectivity index is 1.86. The minimum absolute atomic E-state index is 0.0275. The number of nitrogens with two attached hydrogens (primary N) is 2. The van der Waals surface area contributed by atoms with Crippen molar-refractivity contribution in [2.45, 2.75) is 111 Å². The normalized spacial score (nSPS) is 38.7. The van der Waals surface area contributed by atoms with Crippen LogP contribution >= 0.6 is 0 Å². The summed E-state index contributed by atoms with van der Waals surface area (Å²) in [4.78, 5) is 35.8. The van der Waals surface area contributed by atoms with E-state index in [-0.39, 0.29) is 31.7 Å². The first-order valence-electron chi connectivity index (χ1n) is 14.7. The molecule has 13 unspecified atom stereocenters. The number of carboxylic acids is 1. The Morgan fingerprint density at radius 2 is 1.59 bits per heavy atom. The Morgan fingerprint density at radius 3 is 2.20 bits per heavy atom. The highest BCUT2D eigenvalue weighted by molar-refractivity contribution is 5.81. The van der Waals surface area contributed by atoms with Crippen LogP contribution < -0.4 is 22.1 Å². The van der Waals surface area contributed by atoms with Gasteiger partial charge in [-0.25, -0.2) is 0 Å². The number of aliphatic hydroxyl groups excluding tert-OH is 8. The van der Waals surface area contributed by atoms with Crippen LogP contribution in [0.3, 0.4) is 0 Å². The molecule has 2 saturated heterocycles. The SMILES string of the molecule is NCC[C@H](O)C(=O)NC1CC=C(OC2OC(CN)C(O)C(O)C2O)C(O)C1OC1OC(CO)C(O)C(NC(=O)CCC(=O)O)C1O. The zero-order chi connectivity index (χ0) is 34.3. The molecule has 264 valence electrons. The van der Waals surface area contributed by atoms with E-state index in [4.69, 9.17) is 35.5 Å². The van der Waals surface area contributed by atoms with E-state index in [1.54, 1.807) is 0 Å². The monoisotopic (exact) mass is 668 g/mol. The topological polar surface area (TPSA) is 346 Å². The third-order valence-electron chi connectivity index (χ3n) is 7.87. The van der Waals surface area contributed by atoms with Gasteiger partial charge in [-0.2, -0.15) is 0 Å². The van der Waals surface area contributed by atoms with Crippen LogP contribution in [0.4, 0.5) is 0 Å². The number of ether oxygens (including phenoxy) is 4. The van der Waals surface area contributed by atoms with E-state index >= 15 is 0 Å². The molecule has 20 heteroatoms. The summed E-state index contributed by atoms with van der Waals surface area (Å²) < 4.78 is 22.5. The van der Waals surface area contributed by atoms with Gasteiger partial charge in [0.2, 0.25) is 18.1 Å². The Labute approximate surface area is 262 Å². The average molecular weight is 669 g/mol. The van der Waals surface area contributed by atoms with Gasteiger partial charge in [0.05, 0.1) is 25.1 Å². The van der Waals surface area contributed by atoms with Crippen molar-refractivity contribution in [3.05, 3.63) is 11.8 Å². The summed E-state index contributed by atoms with van der Waals surface area (Å²) >= 11 is 0. The number of rotatable bonds is 14. The second-order valence-corrected chi connectivity index (χ2v) is 11.2. The number of aliphatic hydroxyl groups is 8. The van der Waals surface area contributed by atoms with E-state index in [1.165, 1.54) is 6.08 Å². The molecule has 0 bridgehead atoms. The quantitative estimate of drug-likeness (QED) is 0.0817. The van der Waals surface area contributed by atoms with Crippen LogP contribution in [0, 0.1) is 0 Å². The highest BCUT2D eigenvalue weighted by atomic mass is 16.7. The molecule has 3 rings (SSSR count). The molecule has 2 heterocycles. The van der Waals surface area contributed by atoms with E-state index in [1.807, 2.05) is 0 Å². The molecule has 2 aliphatic heterocycles. The second-order valence-electron chi connectivity index (χ2n) is 11.2. The molecular formula is C26H44N4O16. The van der Waals surface area contributed by atoms with E-state index in [0.717, 1.165) is 0 Å². The molecule has 1 aliphatic carbocycles. The zero-order valence-electron chi connectivity index (χ0n) is 24.6. The van der Waals surface area contributed by atoms with Crippen molar-refractivity contribution in [1.29, 1.82) is 0 Å². The van der Waals surface area contributed by atoms with Gasteiger partial charge < -0.3 is 87.0 Å². The molecule has 0 aromatic heterocycles. The minimum Gasteiger partial charge on any atom is -0.481 e. The number of carbonyl (C=O) groups is 3. The Bertz CT molecular complexity index is 1070. The zero-order valence-corrected chi connectivity index (χ0v) is 24.6. The van der Waals surface area contributed by atoms with Gasteiger partial charge in [0, 0.05) is 13.0 Å².